The minimum atomic E-state index is -0.496. The van der Waals surface area contributed by atoms with Crippen LogP contribution < -0.4 is 9.47 Å². The van der Waals surface area contributed by atoms with Crippen LogP contribution in [0.4, 0.5) is 0 Å². The zero-order chi connectivity index (χ0) is 18.7. The van der Waals surface area contributed by atoms with Crippen molar-refractivity contribution in [2.75, 3.05) is 13.7 Å². The minimum Gasteiger partial charge on any atom is -0.493 e. The van der Waals surface area contributed by atoms with E-state index in [0.29, 0.717) is 18.1 Å². The van der Waals surface area contributed by atoms with Crippen LogP contribution in [0.2, 0.25) is 0 Å². The van der Waals surface area contributed by atoms with Crippen molar-refractivity contribution < 1.29 is 19.0 Å². The molecule has 0 aromatic heterocycles. The van der Waals surface area contributed by atoms with Gasteiger partial charge in [0, 0.05) is 10.0 Å². The summed E-state index contributed by atoms with van der Waals surface area (Å²) < 4.78 is 17.8. The number of nitrogens with zero attached hydrogens (tertiary/aromatic N) is 1. The predicted molar refractivity (Wildman–Crippen MR) is 107 cm³/mol. The van der Waals surface area contributed by atoms with Gasteiger partial charge in [0.05, 0.1) is 18.2 Å². The number of methoxy groups -OCH3 is 1. The topological polar surface area (TPSA) is 57.1 Å². The van der Waals surface area contributed by atoms with Crippen molar-refractivity contribution in [3.05, 3.63) is 62.2 Å². The van der Waals surface area contributed by atoms with Crippen LogP contribution in [0.1, 0.15) is 18.1 Å². The fourth-order valence-corrected chi connectivity index (χ4v) is 3.39. The van der Waals surface area contributed by atoms with Gasteiger partial charge in [0.25, 0.3) is 0 Å². The van der Waals surface area contributed by atoms with E-state index in [4.69, 9.17) is 14.2 Å². The van der Waals surface area contributed by atoms with Gasteiger partial charge in [-0.15, -0.1) is 0 Å². The van der Waals surface area contributed by atoms with E-state index in [1.165, 1.54) is 0 Å². The van der Waals surface area contributed by atoms with E-state index >= 15 is 0 Å². The zero-order valence-corrected chi connectivity index (χ0v) is 17.3. The van der Waals surface area contributed by atoms with Crippen molar-refractivity contribution in [1.29, 1.82) is 0 Å². The molecule has 5 nitrogen and oxygen atoms in total. The Bertz CT molecular complexity index is 922. The summed E-state index contributed by atoms with van der Waals surface area (Å²) in [5.41, 5.74) is 1.68. The first kappa shape index (κ1) is 18.7. The standard InChI is InChI=1S/C19H15Br2NO4/c1-3-25-17-14(21)7-11(9-16(17)24-2)8-15-19(23)26-18(22-15)12-5-4-6-13(20)10-12/h4-10H,3H2,1-2H3/b15-8-. The Morgan fingerprint density at radius 3 is 2.73 bits per heavy atom. The molecule has 0 bridgehead atoms. The summed E-state index contributed by atoms with van der Waals surface area (Å²) in [6, 6.07) is 11.0. The number of benzene rings is 2. The van der Waals surface area contributed by atoms with Gasteiger partial charge in [0.2, 0.25) is 5.90 Å². The molecule has 0 radical (unpaired) electrons. The molecule has 0 unspecified atom stereocenters. The molecule has 0 N–H and O–H groups in total. The summed E-state index contributed by atoms with van der Waals surface area (Å²) in [5.74, 6) is 0.962. The number of carbonyl (C=O) groups excluding carboxylic acids is 1. The van der Waals surface area contributed by atoms with Gasteiger partial charge in [-0.3, -0.25) is 0 Å². The van der Waals surface area contributed by atoms with Gasteiger partial charge in [-0.05, 0) is 64.8 Å². The molecule has 26 heavy (non-hydrogen) atoms. The average Bonchev–Trinajstić information content (AvgIpc) is 2.98. The largest absolute Gasteiger partial charge is 0.493 e. The highest BCUT2D eigenvalue weighted by molar-refractivity contribution is 9.10. The predicted octanol–water partition coefficient (Wildman–Crippen LogP) is 4.96. The minimum absolute atomic E-state index is 0.220. The summed E-state index contributed by atoms with van der Waals surface area (Å²) in [7, 11) is 1.56. The normalized spacial score (nSPS) is 15.0. The molecule has 1 aliphatic rings. The van der Waals surface area contributed by atoms with E-state index in [1.807, 2.05) is 37.3 Å². The number of rotatable bonds is 5. The van der Waals surface area contributed by atoms with Crippen molar-refractivity contribution in [1.82, 2.24) is 0 Å². The van der Waals surface area contributed by atoms with Crippen LogP contribution in [0, 0.1) is 0 Å². The molecule has 134 valence electrons. The molecule has 0 atom stereocenters. The Balaban J connectivity index is 1.97. The highest BCUT2D eigenvalue weighted by Crippen LogP contribution is 2.37. The SMILES string of the molecule is CCOc1c(Br)cc(/C=C2\N=C(c3cccc(Br)c3)OC2=O)cc1OC. The second kappa shape index (κ2) is 8.05. The summed E-state index contributed by atoms with van der Waals surface area (Å²) in [5, 5.41) is 0. The number of hydrogen-bond donors (Lipinski definition) is 0. The van der Waals surface area contributed by atoms with Gasteiger partial charge in [0.1, 0.15) is 0 Å². The number of ether oxygens (including phenoxy) is 3. The Kier molecular flexibility index (Phi) is 5.78. The lowest BCUT2D eigenvalue weighted by Gasteiger charge is -2.12. The van der Waals surface area contributed by atoms with Crippen LogP contribution in [0.15, 0.2) is 56.0 Å². The fourth-order valence-electron chi connectivity index (χ4n) is 2.42. The van der Waals surface area contributed by atoms with Gasteiger partial charge in [0.15, 0.2) is 17.2 Å². The second-order valence-corrected chi connectivity index (χ2v) is 7.08. The van der Waals surface area contributed by atoms with Crippen molar-refractivity contribution in [2.45, 2.75) is 6.92 Å². The Morgan fingerprint density at radius 2 is 2.04 bits per heavy atom. The Labute approximate surface area is 167 Å². The van der Waals surface area contributed by atoms with Gasteiger partial charge >= 0.3 is 5.97 Å². The molecule has 0 amide bonds. The number of hydrogen-bond acceptors (Lipinski definition) is 5. The maximum Gasteiger partial charge on any atom is 0.363 e. The molecule has 0 spiro atoms. The first-order chi connectivity index (χ1) is 12.5. The van der Waals surface area contributed by atoms with Gasteiger partial charge in [-0.2, -0.15) is 0 Å². The van der Waals surface area contributed by atoms with Gasteiger partial charge < -0.3 is 14.2 Å². The van der Waals surface area contributed by atoms with Crippen molar-refractivity contribution in [2.24, 2.45) is 4.99 Å². The van der Waals surface area contributed by atoms with Crippen LogP contribution in [-0.4, -0.2) is 25.6 Å². The molecule has 2 aromatic rings. The lowest BCUT2D eigenvalue weighted by atomic mass is 10.1. The monoisotopic (exact) mass is 479 g/mol. The van der Waals surface area contributed by atoms with E-state index in [-0.39, 0.29) is 11.6 Å². The van der Waals surface area contributed by atoms with Crippen LogP contribution in [-0.2, 0) is 9.53 Å². The average molecular weight is 481 g/mol. The van der Waals surface area contributed by atoms with Gasteiger partial charge in [-0.25, -0.2) is 9.79 Å². The van der Waals surface area contributed by atoms with Crippen LogP contribution in [0.5, 0.6) is 11.5 Å². The van der Waals surface area contributed by atoms with E-state index in [0.717, 1.165) is 20.1 Å². The van der Waals surface area contributed by atoms with Crippen molar-refractivity contribution in [3.63, 3.8) is 0 Å². The van der Waals surface area contributed by atoms with E-state index < -0.39 is 5.97 Å². The molecule has 1 heterocycles. The number of carbonyl (C=O) groups is 1. The summed E-state index contributed by atoms with van der Waals surface area (Å²) in [4.78, 5) is 16.5. The summed E-state index contributed by atoms with van der Waals surface area (Å²) in [6.07, 6.45) is 1.65. The molecule has 1 aliphatic heterocycles. The number of cyclic esters (lactones) is 1. The van der Waals surface area contributed by atoms with E-state index in [9.17, 15) is 4.79 Å². The maximum absolute atomic E-state index is 12.2. The molecule has 0 aliphatic carbocycles. The number of halogens is 2. The van der Waals surface area contributed by atoms with Crippen LogP contribution in [0.25, 0.3) is 6.08 Å². The molecular weight excluding hydrogens is 466 g/mol. The quantitative estimate of drug-likeness (QED) is 0.448. The molecule has 3 rings (SSSR count). The van der Waals surface area contributed by atoms with Crippen LogP contribution in [0.3, 0.4) is 0 Å². The van der Waals surface area contributed by atoms with Crippen molar-refractivity contribution >= 4 is 49.8 Å². The molecule has 0 fully saturated rings. The van der Waals surface area contributed by atoms with E-state index in [2.05, 4.69) is 36.9 Å². The van der Waals surface area contributed by atoms with Crippen LogP contribution >= 0.6 is 31.9 Å². The summed E-state index contributed by atoms with van der Waals surface area (Å²) >= 11 is 6.86. The number of aliphatic imine (C=N–C) groups is 1. The van der Waals surface area contributed by atoms with Crippen molar-refractivity contribution in [3.8, 4) is 11.5 Å². The molecule has 0 saturated carbocycles. The molecule has 7 heteroatoms. The summed E-state index contributed by atoms with van der Waals surface area (Å²) in [6.45, 7) is 2.41. The third-order valence-electron chi connectivity index (χ3n) is 3.54. The lowest BCUT2D eigenvalue weighted by molar-refractivity contribution is -0.129. The second-order valence-electron chi connectivity index (χ2n) is 5.31. The first-order valence-corrected chi connectivity index (χ1v) is 9.39. The third-order valence-corrected chi connectivity index (χ3v) is 4.62. The Hall–Kier alpha value is -2.12. The van der Waals surface area contributed by atoms with Gasteiger partial charge in [-0.1, -0.05) is 22.0 Å². The highest BCUT2D eigenvalue weighted by Gasteiger charge is 2.24. The number of esters is 1. The first-order valence-electron chi connectivity index (χ1n) is 7.80. The molecule has 0 saturated heterocycles. The Morgan fingerprint density at radius 1 is 1.23 bits per heavy atom. The zero-order valence-electron chi connectivity index (χ0n) is 14.1. The lowest BCUT2D eigenvalue weighted by Crippen LogP contribution is -2.05. The molecule has 2 aromatic carbocycles. The third kappa shape index (κ3) is 3.99. The van der Waals surface area contributed by atoms with E-state index in [1.54, 1.807) is 19.3 Å². The fraction of sp³-hybridized carbons (Fsp3) is 0.158. The highest BCUT2D eigenvalue weighted by atomic mass is 79.9. The molecular formula is C19H15Br2NO4. The maximum atomic E-state index is 12.2. The smallest absolute Gasteiger partial charge is 0.363 e.